The summed E-state index contributed by atoms with van der Waals surface area (Å²) in [7, 11) is 1.64. The molecule has 116 valence electrons. The summed E-state index contributed by atoms with van der Waals surface area (Å²) < 4.78 is 16.7. The Balaban J connectivity index is 2.13. The van der Waals surface area contributed by atoms with Gasteiger partial charge in [0, 0.05) is 0 Å². The Labute approximate surface area is 130 Å². The standard InChI is InChI=1S/C17H20N2O3/c1-3-21-17-10-13(11-19-18)7-8-16(17)22-12-14-5-4-6-15(9-14)20-2/h4-11H,3,12,18H2,1-2H3. The smallest absolute Gasteiger partial charge is 0.161 e. The van der Waals surface area contributed by atoms with Crippen LogP contribution in [0.25, 0.3) is 0 Å². The normalized spacial score (nSPS) is 10.6. The number of hydrazone groups is 1. The van der Waals surface area contributed by atoms with Crippen LogP contribution in [0.3, 0.4) is 0 Å². The van der Waals surface area contributed by atoms with Crippen LogP contribution < -0.4 is 20.1 Å². The van der Waals surface area contributed by atoms with Crippen LogP contribution in [0.4, 0.5) is 0 Å². The molecule has 0 aliphatic rings. The first kappa shape index (κ1) is 15.7. The number of nitrogens with two attached hydrogens (primary N) is 1. The zero-order chi connectivity index (χ0) is 15.8. The first-order valence-electron chi connectivity index (χ1n) is 7.02. The van der Waals surface area contributed by atoms with Gasteiger partial charge in [-0.05, 0) is 48.4 Å². The highest BCUT2D eigenvalue weighted by Gasteiger charge is 2.07. The molecular formula is C17H20N2O3. The topological polar surface area (TPSA) is 66.1 Å². The van der Waals surface area contributed by atoms with Gasteiger partial charge in [-0.2, -0.15) is 5.10 Å². The van der Waals surface area contributed by atoms with Crippen molar-refractivity contribution in [1.82, 2.24) is 0 Å². The highest BCUT2D eigenvalue weighted by atomic mass is 16.5. The van der Waals surface area contributed by atoms with Crippen molar-refractivity contribution in [2.24, 2.45) is 10.9 Å². The Morgan fingerprint density at radius 2 is 1.95 bits per heavy atom. The molecule has 0 aromatic heterocycles. The van der Waals surface area contributed by atoms with E-state index in [4.69, 9.17) is 20.1 Å². The van der Waals surface area contributed by atoms with Crippen molar-refractivity contribution in [2.45, 2.75) is 13.5 Å². The molecule has 2 rings (SSSR count). The van der Waals surface area contributed by atoms with Crippen LogP contribution in [0.2, 0.25) is 0 Å². The number of benzene rings is 2. The summed E-state index contributed by atoms with van der Waals surface area (Å²) in [6.07, 6.45) is 1.56. The highest BCUT2D eigenvalue weighted by molar-refractivity contribution is 5.80. The van der Waals surface area contributed by atoms with E-state index in [-0.39, 0.29) is 0 Å². The second kappa shape index (κ2) is 7.93. The first-order valence-corrected chi connectivity index (χ1v) is 7.02. The third-order valence-electron chi connectivity index (χ3n) is 3.02. The van der Waals surface area contributed by atoms with Crippen LogP contribution in [0, 0.1) is 0 Å². The Morgan fingerprint density at radius 3 is 2.68 bits per heavy atom. The molecule has 0 atom stereocenters. The lowest BCUT2D eigenvalue weighted by molar-refractivity contribution is 0.269. The van der Waals surface area contributed by atoms with E-state index in [1.54, 1.807) is 13.3 Å². The van der Waals surface area contributed by atoms with Gasteiger partial charge in [-0.15, -0.1) is 0 Å². The Morgan fingerprint density at radius 1 is 1.09 bits per heavy atom. The summed E-state index contributed by atoms with van der Waals surface area (Å²) in [5.41, 5.74) is 1.88. The van der Waals surface area contributed by atoms with E-state index < -0.39 is 0 Å². The molecule has 0 amide bonds. The molecule has 0 aliphatic carbocycles. The third kappa shape index (κ3) is 4.15. The zero-order valence-corrected chi connectivity index (χ0v) is 12.8. The lowest BCUT2D eigenvalue weighted by Gasteiger charge is -2.13. The molecule has 0 spiro atoms. The number of hydrogen-bond donors (Lipinski definition) is 1. The summed E-state index contributed by atoms with van der Waals surface area (Å²) in [5, 5.41) is 3.51. The molecule has 0 aliphatic heterocycles. The van der Waals surface area contributed by atoms with Gasteiger partial charge in [-0.25, -0.2) is 0 Å². The first-order chi connectivity index (χ1) is 10.8. The van der Waals surface area contributed by atoms with Crippen molar-refractivity contribution >= 4 is 6.21 Å². The highest BCUT2D eigenvalue weighted by Crippen LogP contribution is 2.29. The van der Waals surface area contributed by atoms with E-state index in [1.165, 1.54) is 0 Å². The maximum absolute atomic E-state index is 5.85. The van der Waals surface area contributed by atoms with Gasteiger partial charge in [-0.3, -0.25) is 0 Å². The molecule has 0 heterocycles. The number of nitrogens with zero attached hydrogens (tertiary/aromatic N) is 1. The predicted molar refractivity (Wildman–Crippen MR) is 86.7 cm³/mol. The monoisotopic (exact) mass is 300 g/mol. The fourth-order valence-corrected chi connectivity index (χ4v) is 2.00. The largest absolute Gasteiger partial charge is 0.497 e. The van der Waals surface area contributed by atoms with Gasteiger partial charge in [0.05, 0.1) is 19.9 Å². The van der Waals surface area contributed by atoms with Crippen molar-refractivity contribution in [1.29, 1.82) is 0 Å². The van der Waals surface area contributed by atoms with Crippen LogP contribution in [0.15, 0.2) is 47.6 Å². The average molecular weight is 300 g/mol. The Kier molecular flexibility index (Phi) is 5.65. The summed E-state index contributed by atoms with van der Waals surface area (Å²) in [5.74, 6) is 7.33. The zero-order valence-electron chi connectivity index (χ0n) is 12.8. The minimum Gasteiger partial charge on any atom is -0.497 e. The summed E-state index contributed by atoms with van der Waals surface area (Å²) >= 11 is 0. The SMILES string of the molecule is CCOc1cc(C=NN)ccc1OCc1cccc(OC)c1. The molecule has 0 saturated heterocycles. The molecular weight excluding hydrogens is 280 g/mol. The molecule has 2 aromatic rings. The molecule has 2 N–H and O–H groups in total. The minimum atomic E-state index is 0.432. The van der Waals surface area contributed by atoms with Crippen LogP contribution in [-0.4, -0.2) is 19.9 Å². The molecule has 0 saturated carbocycles. The van der Waals surface area contributed by atoms with E-state index in [0.717, 1.165) is 16.9 Å². The van der Waals surface area contributed by atoms with Gasteiger partial charge < -0.3 is 20.1 Å². The van der Waals surface area contributed by atoms with Crippen LogP contribution in [0.1, 0.15) is 18.1 Å². The maximum atomic E-state index is 5.85. The molecule has 0 bridgehead atoms. The molecule has 0 fully saturated rings. The van der Waals surface area contributed by atoms with Crippen LogP contribution in [-0.2, 0) is 6.61 Å². The molecule has 0 radical (unpaired) electrons. The van der Waals surface area contributed by atoms with Crippen molar-refractivity contribution in [3.63, 3.8) is 0 Å². The van der Waals surface area contributed by atoms with E-state index in [9.17, 15) is 0 Å². The van der Waals surface area contributed by atoms with Gasteiger partial charge in [0.1, 0.15) is 12.4 Å². The van der Waals surface area contributed by atoms with E-state index in [2.05, 4.69) is 5.10 Å². The van der Waals surface area contributed by atoms with Crippen molar-refractivity contribution in [3.8, 4) is 17.2 Å². The van der Waals surface area contributed by atoms with Crippen molar-refractivity contribution < 1.29 is 14.2 Å². The van der Waals surface area contributed by atoms with Crippen molar-refractivity contribution in [3.05, 3.63) is 53.6 Å². The maximum Gasteiger partial charge on any atom is 0.161 e. The van der Waals surface area contributed by atoms with Gasteiger partial charge in [0.15, 0.2) is 11.5 Å². The second-order valence-corrected chi connectivity index (χ2v) is 4.56. The van der Waals surface area contributed by atoms with E-state index >= 15 is 0 Å². The van der Waals surface area contributed by atoms with Crippen molar-refractivity contribution in [2.75, 3.05) is 13.7 Å². The molecule has 5 heteroatoms. The number of hydrogen-bond acceptors (Lipinski definition) is 5. The minimum absolute atomic E-state index is 0.432. The second-order valence-electron chi connectivity index (χ2n) is 4.56. The van der Waals surface area contributed by atoms with Gasteiger partial charge in [0.25, 0.3) is 0 Å². The summed E-state index contributed by atoms with van der Waals surface area (Å²) in [6.45, 7) is 2.91. The lowest BCUT2D eigenvalue weighted by atomic mass is 10.2. The lowest BCUT2D eigenvalue weighted by Crippen LogP contribution is -2.01. The Bertz CT molecular complexity index is 642. The van der Waals surface area contributed by atoms with Crippen LogP contribution >= 0.6 is 0 Å². The number of rotatable bonds is 7. The molecule has 0 unspecified atom stereocenters. The van der Waals surface area contributed by atoms with Gasteiger partial charge >= 0.3 is 0 Å². The molecule has 22 heavy (non-hydrogen) atoms. The quantitative estimate of drug-likeness (QED) is 0.485. The molecule has 2 aromatic carbocycles. The van der Waals surface area contributed by atoms with E-state index in [0.29, 0.717) is 24.7 Å². The fraction of sp³-hybridized carbons (Fsp3) is 0.235. The van der Waals surface area contributed by atoms with Crippen LogP contribution in [0.5, 0.6) is 17.2 Å². The van der Waals surface area contributed by atoms with Gasteiger partial charge in [-0.1, -0.05) is 12.1 Å². The fourth-order valence-electron chi connectivity index (χ4n) is 2.00. The molecule has 5 nitrogen and oxygen atoms in total. The van der Waals surface area contributed by atoms with Gasteiger partial charge in [0.2, 0.25) is 0 Å². The average Bonchev–Trinajstić information content (AvgIpc) is 2.55. The Hall–Kier alpha value is -2.69. The summed E-state index contributed by atoms with van der Waals surface area (Å²) in [6, 6.07) is 13.3. The van der Waals surface area contributed by atoms with E-state index in [1.807, 2.05) is 49.4 Å². The summed E-state index contributed by atoms with van der Waals surface area (Å²) in [4.78, 5) is 0. The number of ether oxygens (including phenoxy) is 3. The number of methoxy groups -OCH3 is 1. The third-order valence-corrected chi connectivity index (χ3v) is 3.02. The predicted octanol–water partition coefficient (Wildman–Crippen LogP) is 2.97.